The average Bonchev–Trinajstić information content (AvgIpc) is 2.77. The third-order valence-electron chi connectivity index (χ3n) is 3.33. The van der Waals surface area contributed by atoms with E-state index in [1.165, 1.54) is 0 Å². The largest absolute Gasteiger partial charge is 0.351 e. The molecule has 2 heterocycles. The Morgan fingerprint density at radius 2 is 2.24 bits per heavy atom. The van der Waals surface area contributed by atoms with Gasteiger partial charge in [0.2, 0.25) is 5.91 Å². The van der Waals surface area contributed by atoms with Gasteiger partial charge < -0.3 is 5.32 Å². The standard InChI is InChI=1S/C15H21N5O/c1-11-14(12(2)19-18-11)8-17-15(21)10-20(3)9-13-5-4-6-16-7-13/h4-7H,8-10H2,1-3H3,(H,17,21)(H,18,19). The summed E-state index contributed by atoms with van der Waals surface area (Å²) in [6, 6.07) is 3.90. The number of carbonyl (C=O) groups is 1. The van der Waals surface area contributed by atoms with Crippen molar-refractivity contribution in [2.75, 3.05) is 13.6 Å². The predicted molar refractivity (Wildman–Crippen MR) is 80.5 cm³/mol. The summed E-state index contributed by atoms with van der Waals surface area (Å²) in [5.41, 5.74) is 4.07. The molecule has 0 spiro atoms. The van der Waals surface area contributed by atoms with Gasteiger partial charge in [-0.1, -0.05) is 6.07 Å². The van der Waals surface area contributed by atoms with Crippen LogP contribution in [-0.4, -0.2) is 39.6 Å². The third kappa shape index (κ3) is 4.39. The molecular formula is C15H21N5O. The first kappa shape index (κ1) is 15.2. The van der Waals surface area contributed by atoms with Crippen molar-refractivity contribution in [3.05, 3.63) is 47.0 Å². The second-order valence-corrected chi connectivity index (χ2v) is 5.22. The van der Waals surface area contributed by atoms with Gasteiger partial charge in [-0.15, -0.1) is 0 Å². The fourth-order valence-corrected chi connectivity index (χ4v) is 2.18. The molecule has 21 heavy (non-hydrogen) atoms. The highest BCUT2D eigenvalue weighted by Gasteiger charge is 2.10. The molecule has 0 unspecified atom stereocenters. The van der Waals surface area contributed by atoms with E-state index in [1.807, 2.05) is 44.1 Å². The Kier molecular flexibility index (Phi) is 5.05. The summed E-state index contributed by atoms with van der Waals surface area (Å²) in [7, 11) is 1.92. The van der Waals surface area contributed by atoms with Crippen LogP contribution in [0.1, 0.15) is 22.5 Å². The number of H-pyrrole nitrogens is 1. The second-order valence-electron chi connectivity index (χ2n) is 5.22. The lowest BCUT2D eigenvalue weighted by atomic mass is 10.2. The van der Waals surface area contributed by atoms with Gasteiger partial charge in [0.1, 0.15) is 0 Å². The van der Waals surface area contributed by atoms with Crippen LogP contribution >= 0.6 is 0 Å². The Labute approximate surface area is 124 Å². The van der Waals surface area contributed by atoms with E-state index in [9.17, 15) is 4.79 Å². The Morgan fingerprint density at radius 3 is 2.86 bits per heavy atom. The van der Waals surface area contributed by atoms with E-state index in [0.29, 0.717) is 19.6 Å². The van der Waals surface area contributed by atoms with Crippen molar-refractivity contribution in [1.29, 1.82) is 0 Å². The number of aromatic nitrogens is 3. The van der Waals surface area contributed by atoms with Crippen LogP contribution in [0.5, 0.6) is 0 Å². The normalized spacial score (nSPS) is 10.9. The second kappa shape index (κ2) is 6.99. The minimum absolute atomic E-state index is 0.00129. The van der Waals surface area contributed by atoms with Gasteiger partial charge in [-0.05, 0) is 32.5 Å². The van der Waals surface area contributed by atoms with E-state index < -0.39 is 0 Å². The van der Waals surface area contributed by atoms with Gasteiger partial charge >= 0.3 is 0 Å². The lowest BCUT2D eigenvalue weighted by molar-refractivity contribution is -0.122. The number of carbonyl (C=O) groups excluding carboxylic acids is 1. The Hall–Kier alpha value is -2.21. The molecule has 0 fully saturated rings. The molecule has 6 heteroatoms. The number of hydrogen-bond donors (Lipinski definition) is 2. The van der Waals surface area contributed by atoms with E-state index in [0.717, 1.165) is 22.5 Å². The van der Waals surface area contributed by atoms with E-state index >= 15 is 0 Å². The number of hydrogen-bond acceptors (Lipinski definition) is 4. The number of pyridine rings is 1. The molecule has 0 atom stereocenters. The maximum Gasteiger partial charge on any atom is 0.234 e. The molecule has 2 rings (SSSR count). The fourth-order valence-electron chi connectivity index (χ4n) is 2.18. The molecule has 0 aliphatic heterocycles. The van der Waals surface area contributed by atoms with Gasteiger partial charge in [0, 0.05) is 36.7 Å². The lowest BCUT2D eigenvalue weighted by Crippen LogP contribution is -2.34. The topological polar surface area (TPSA) is 73.9 Å². The maximum absolute atomic E-state index is 12.0. The quantitative estimate of drug-likeness (QED) is 0.836. The molecule has 2 N–H and O–H groups in total. The number of nitrogens with one attached hydrogen (secondary N) is 2. The number of nitrogens with zero attached hydrogens (tertiary/aromatic N) is 3. The molecule has 0 saturated heterocycles. The van der Waals surface area contributed by atoms with Crippen LogP contribution in [0.15, 0.2) is 24.5 Å². The Morgan fingerprint density at radius 1 is 1.43 bits per heavy atom. The van der Waals surface area contributed by atoms with Crippen molar-refractivity contribution in [3.63, 3.8) is 0 Å². The number of rotatable bonds is 6. The average molecular weight is 287 g/mol. The van der Waals surface area contributed by atoms with Crippen LogP contribution < -0.4 is 5.32 Å². The summed E-state index contributed by atoms with van der Waals surface area (Å²) >= 11 is 0. The van der Waals surface area contributed by atoms with Gasteiger partial charge in [-0.2, -0.15) is 5.10 Å². The number of likely N-dealkylation sites (N-methyl/N-ethyl adjacent to an activating group) is 1. The lowest BCUT2D eigenvalue weighted by Gasteiger charge is -2.16. The van der Waals surface area contributed by atoms with E-state index in [-0.39, 0.29) is 5.91 Å². The van der Waals surface area contributed by atoms with E-state index in [2.05, 4.69) is 20.5 Å². The van der Waals surface area contributed by atoms with Gasteiger partial charge in [-0.25, -0.2) is 0 Å². The molecule has 2 aromatic rings. The first-order valence-corrected chi connectivity index (χ1v) is 6.91. The number of aryl methyl sites for hydroxylation is 2. The smallest absolute Gasteiger partial charge is 0.234 e. The Bertz CT molecular complexity index is 574. The molecule has 0 aromatic carbocycles. The van der Waals surface area contributed by atoms with E-state index in [1.54, 1.807) is 6.20 Å². The highest BCUT2D eigenvalue weighted by molar-refractivity contribution is 5.78. The van der Waals surface area contributed by atoms with Gasteiger partial charge in [0.15, 0.2) is 0 Å². The summed E-state index contributed by atoms with van der Waals surface area (Å²) in [5.74, 6) is 0.00129. The molecule has 112 valence electrons. The van der Waals surface area contributed by atoms with Crippen molar-refractivity contribution >= 4 is 5.91 Å². The SMILES string of the molecule is Cc1n[nH]c(C)c1CNC(=O)CN(C)Cc1cccnc1. The van der Waals surface area contributed by atoms with Crippen LogP contribution in [0.4, 0.5) is 0 Å². The zero-order valence-electron chi connectivity index (χ0n) is 12.7. The number of aromatic amines is 1. The first-order valence-electron chi connectivity index (χ1n) is 6.91. The van der Waals surface area contributed by atoms with Crippen LogP contribution in [0, 0.1) is 13.8 Å². The van der Waals surface area contributed by atoms with Crippen molar-refractivity contribution in [3.8, 4) is 0 Å². The van der Waals surface area contributed by atoms with Crippen LogP contribution in [-0.2, 0) is 17.9 Å². The van der Waals surface area contributed by atoms with Crippen LogP contribution in [0.3, 0.4) is 0 Å². The summed E-state index contributed by atoms with van der Waals surface area (Å²) in [4.78, 5) is 18.0. The van der Waals surface area contributed by atoms with Crippen molar-refractivity contribution in [2.45, 2.75) is 26.9 Å². The molecule has 0 aliphatic carbocycles. The summed E-state index contributed by atoms with van der Waals surface area (Å²) in [6.45, 7) is 5.44. The maximum atomic E-state index is 12.0. The zero-order valence-corrected chi connectivity index (χ0v) is 12.7. The third-order valence-corrected chi connectivity index (χ3v) is 3.33. The molecule has 2 aromatic heterocycles. The predicted octanol–water partition coefficient (Wildman–Crippen LogP) is 1.17. The van der Waals surface area contributed by atoms with Crippen LogP contribution in [0.2, 0.25) is 0 Å². The fraction of sp³-hybridized carbons (Fsp3) is 0.400. The molecule has 0 saturated carbocycles. The monoisotopic (exact) mass is 287 g/mol. The van der Waals surface area contributed by atoms with Gasteiger partial charge in [0.05, 0.1) is 12.2 Å². The van der Waals surface area contributed by atoms with Crippen LogP contribution in [0.25, 0.3) is 0 Å². The summed E-state index contributed by atoms with van der Waals surface area (Å²) in [6.07, 6.45) is 3.55. The summed E-state index contributed by atoms with van der Waals surface area (Å²) < 4.78 is 0. The van der Waals surface area contributed by atoms with Crippen molar-refractivity contribution < 1.29 is 4.79 Å². The molecule has 1 amide bonds. The molecule has 0 bridgehead atoms. The van der Waals surface area contributed by atoms with Gasteiger partial charge in [-0.3, -0.25) is 19.8 Å². The van der Waals surface area contributed by atoms with Crippen molar-refractivity contribution in [1.82, 2.24) is 25.4 Å². The van der Waals surface area contributed by atoms with E-state index in [4.69, 9.17) is 0 Å². The summed E-state index contributed by atoms with van der Waals surface area (Å²) in [5, 5.41) is 9.96. The van der Waals surface area contributed by atoms with Gasteiger partial charge in [0.25, 0.3) is 0 Å². The molecule has 0 radical (unpaired) electrons. The highest BCUT2D eigenvalue weighted by Crippen LogP contribution is 2.08. The first-order chi connectivity index (χ1) is 10.1. The van der Waals surface area contributed by atoms with Crippen molar-refractivity contribution in [2.24, 2.45) is 0 Å². The number of amides is 1. The Balaban J connectivity index is 1.79. The molecule has 6 nitrogen and oxygen atoms in total. The minimum Gasteiger partial charge on any atom is -0.351 e. The molecule has 0 aliphatic rings. The zero-order chi connectivity index (χ0) is 15.2. The highest BCUT2D eigenvalue weighted by atomic mass is 16.2. The minimum atomic E-state index is 0.00129. The molecular weight excluding hydrogens is 266 g/mol.